The largest absolute Gasteiger partial charge is 0.600 e. The molecule has 60 valence electrons. The van der Waals surface area contributed by atoms with Crippen LogP contribution in [-0.4, -0.2) is 31.7 Å². The SMILES string of the molecule is C[B-]12OC(=O)C[NH+]1CC(=O)O2. The summed E-state index contributed by atoms with van der Waals surface area (Å²) >= 11 is 0. The highest BCUT2D eigenvalue weighted by Crippen LogP contribution is 2.08. The predicted octanol–water partition coefficient (Wildman–Crippen LogP) is -2.45. The van der Waals surface area contributed by atoms with Crippen molar-refractivity contribution in [3.05, 3.63) is 0 Å². The topological polar surface area (TPSA) is 57.0 Å². The molecule has 6 heteroatoms. The van der Waals surface area contributed by atoms with Crippen LogP contribution in [0, 0.1) is 0 Å². The Morgan fingerprint density at radius 1 is 1.27 bits per heavy atom. The van der Waals surface area contributed by atoms with E-state index in [1.807, 2.05) is 0 Å². The summed E-state index contributed by atoms with van der Waals surface area (Å²) in [6.45, 7) is 0.486. The van der Waals surface area contributed by atoms with E-state index in [0.717, 1.165) is 4.81 Å². The van der Waals surface area contributed by atoms with Gasteiger partial charge < -0.3 is 14.1 Å². The zero-order valence-corrected chi connectivity index (χ0v) is 6.12. The van der Waals surface area contributed by atoms with Gasteiger partial charge in [-0.05, 0) is 6.82 Å². The Morgan fingerprint density at radius 3 is 2.09 bits per heavy atom. The van der Waals surface area contributed by atoms with Gasteiger partial charge in [-0.3, -0.25) is 9.59 Å². The van der Waals surface area contributed by atoms with Crippen molar-refractivity contribution >= 4 is 18.6 Å². The van der Waals surface area contributed by atoms with Crippen molar-refractivity contribution in [2.45, 2.75) is 6.82 Å². The number of nitrogens with one attached hydrogen (secondary N) is 1. The maximum absolute atomic E-state index is 10.7. The monoisotopic (exact) mass is 157 g/mol. The minimum Gasteiger partial charge on any atom is -0.600 e. The standard InChI is InChI=1S/C5H8BNO4/c1-6-7(2-4(8)10-6)3-5(9)11-6/h7H,2-3H2,1H3. The molecular formula is C5H8BNO4. The molecule has 0 unspecified atom stereocenters. The maximum atomic E-state index is 10.7. The molecular weight excluding hydrogens is 149 g/mol. The van der Waals surface area contributed by atoms with Crippen LogP contribution in [0.1, 0.15) is 0 Å². The summed E-state index contributed by atoms with van der Waals surface area (Å²) in [5, 5.41) is 0. The Bertz CT molecular complexity index is 221. The maximum Gasteiger partial charge on any atom is 0.579 e. The van der Waals surface area contributed by atoms with Crippen LogP contribution in [0.25, 0.3) is 0 Å². The molecule has 5 nitrogen and oxygen atoms in total. The van der Waals surface area contributed by atoms with Crippen molar-refractivity contribution in [3.8, 4) is 0 Å². The molecule has 2 aliphatic heterocycles. The smallest absolute Gasteiger partial charge is 0.579 e. The van der Waals surface area contributed by atoms with E-state index in [9.17, 15) is 9.59 Å². The fourth-order valence-corrected chi connectivity index (χ4v) is 1.58. The summed E-state index contributed by atoms with van der Waals surface area (Å²) < 4.78 is 9.77. The average molecular weight is 157 g/mol. The van der Waals surface area contributed by atoms with E-state index in [2.05, 4.69) is 0 Å². The summed E-state index contributed by atoms with van der Waals surface area (Å²) in [5.74, 6) is -0.565. The van der Waals surface area contributed by atoms with Crippen molar-refractivity contribution in [2.75, 3.05) is 13.1 Å². The Kier molecular flexibility index (Phi) is 1.07. The first-order valence-corrected chi connectivity index (χ1v) is 3.57. The first-order valence-electron chi connectivity index (χ1n) is 3.57. The molecule has 2 aliphatic rings. The molecule has 0 aromatic heterocycles. The fourth-order valence-electron chi connectivity index (χ4n) is 1.58. The molecule has 0 aliphatic carbocycles. The molecule has 0 amide bonds. The Morgan fingerprint density at radius 2 is 1.73 bits per heavy atom. The van der Waals surface area contributed by atoms with Crippen LogP contribution in [-0.2, 0) is 18.9 Å². The van der Waals surface area contributed by atoms with E-state index in [4.69, 9.17) is 9.31 Å². The van der Waals surface area contributed by atoms with Gasteiger partial charge in [0.15, 0.2) is 0 Å². The highest BCUT2D eigenvalue weighted by atomic mass is 16.7. The van der Waals surface area contributed by atoms with Gasteiger partial charge in [0, 0.05) is 0 Å². The minimum atomic E-state index is -1.68. The molecule has 1 N–H and O–H groups in total. The van der Waals surface area contributed by atoms with Crippen LogP contribution in [0.15, 0.2) is 0 Å². The van der Waals surface area contributed by atoms with Crippen molar-refractivity contribution in [3.63, 3.8) is 0 Å². The summed E-state index contributed by atoms with van der Waals surface area (Å²) in [7, 11) is 0. The Balaban J connectivity index is 2.25. The van der Waals surface area contributed by atoms with Crippen molar-refractivity contribution in [1.82, 2.24) is 0 Å². The van der Waals surface area contributed by atoms with E-state index < -0.39 is 6.69 Å². The van der Waals surface area contributed by atoms with Crippen molar-refractivity contribution in [2.24, 2.45) is 0 Å². The second-order valence-electron chi connectivity index (χ2n) is 3.08. The van der Waals surface area contributed by atoms with Crippen LogP contribution in [0.4, 0.5) is 0 Å². The Hall–Kier alpha value is -1.04. The molecule has 0 spiro atoms. The van der Waals surface area contributed by atoms with E-state index >= 15 is 0 Å². The van der Waals surface area contributed by atoms with Crippen LogP contribution in [0.5, 0.6) is 0 Å². The zero-order chi connectivity index (χ0) is 8.06. The van der Waals surface area contributed by atoms with Crippen LogP contribution in [0.2, 0.25) is 6.82 Å². The molecule has 2 saturated heterocycles. The molecule has 0 saturated carbocycles. The third kappa shape index (κ3) is 0.825. The number of hydrogen-bond acceptors (Lipinski definition) is 4. The highest BCUT2D eigenvalue weighted by Gasteiger charge is 2.54. The molecule has 2 rings (SSSR count). The molecule has 11 heavy (non-hydrogen) atoms. The molecule has 0 aromatic rings. The first-order chi connectivity index (χ1) is 5.10. The van der Waals surface area contributed by atoms with Gasteiger partial charge in [-0.15, -0.1) is 0 Å². The Labute approximate surface area is 63.2 Å². The number of fused-ring (bicyclic) bond motifs is 1. The lowest BCUT2D eigenvalue weighted by Crippen LogP contribution is -3.18. The number of carbonyl (C=O) groups is 2. The van der Waals surface area contributed by atoms with Gasteiger partial charge in [0.2, 0.25) is 0 Å². The minimum absolute atomic E-state index is 0.252. The number of carbonyl (C=O) groups excluding carboxylic acids is 2. The van der Waals surface area contributed by atoms with E-state index in [-0.39, 0.29) is 25.0 Å². The highest BCUT2D eigenvalue weighted by molar-refractivity contribution is 6.63. The summed E-state index contributed by atoms with van der Waals surface area (Å²) in [5.41, 5.74) is 0. The lowest BCUT2D eigenvalue weighted by molar-refractivity contribution is -0.775. The van der Waals surface area contributed by atoms with Crippen LogP contribution in [0.3, 0.4) is 0 Å². The molecule has 0 aromatic carbocycles. The summed E-state index contributed by atoms with van der Waals surface area (Å²) in [6, 6.07) is 0. The van der Waals surface area contributed by atoms with Crippen molar-refractivity contribution < 1.29 is 23.7 Å². The molecule has 2 fully saturated rings. The second-order valence-corrected chi connectivity index (χ2v) is 3.08. The average Bonchev–Trinajstić information content (AvgIpc) is 2.16. The van der Waals surface area contributed by atoms with Gasteiger partial charge in [-0.25, -0.2) is 0 Å². The normalized spacial score (nSPS) is 41.7. The van der Waals surface area contributed by atoms with Crippen molar-refractivity contribution in [1.29, 1.82) is 0 Å². The van der Waals surface area contributed by atoms with Crippen LogP contribution < -0.4 is 4.81 Å². The number of quaternary nitrogens is 1. The van der Waals surface area contributed by atoms with Gasteiger partial charge in [-0.1, -0.05) is 0 Å². The lowest BCUT2D eigenvalue weighted by Gasteiger charge is -2.23. The van der Waals surface area contributed by atoms with Gasteiger partial charge in [0.05, 0.1) is 0 Å². The third-order valence-electron chi connectivity index (χ3n) is 2.20. The third-order valence-corrected chi connectivity index (χ3v) is 2.20. The molecule has 2 heterocycles. The van der Waals surface area contributed by atoms with Crippen LogP contribution >= 0.6 is 0 Å². The quantitative estimate of drug-likeness (QED) is 0.396. The summed E-state index contributed by atoms with van der Waals surface area (Å²) in [4.78, 5) is 22.3. The predicted molar refractivity (Wildman–Crippen MR) is 34.5 cm³/mol. The fraction of sp³-hybridized carbons (Fsp3) is 0.600. The lowest BCUT2D eigenvalue weighted by atomic mass is 9.75. The summed E-state index contributed by atoms with van der Waals surface area (Å²) in [6.07, 6.45) is 0. The number of hydrogen-bond donors (Lipinski definition) is 1. The molecule has 0 radical (unpaired) electrons. The van der Waals surface area contributed by atoms with E-state index in [1.54, 1.807) is 6.82 Å². The molecule has 0 atom stereocenters. The zero-order valence-electron chi connectivity index (χ0n) is 6.12. The van der Waals surface area contributed by atoms with Gasteiger partial charge in [-0.2, -0.15) is 0 Å². The first kappa shape index (κ1) is 6.66. The second kappa shape index (κ2) is 1.76. The van der Waals surface area contributed by atoms with Gasteiger partial charge in [0.25, 0.3) is 0 Å². The van der Waals surface area contributed by atoms with E-state index in [1.165, 1.54) is 0 Å². The van der Waals surface area contributed by atoms with Gasteiger partial charge in [0.1, 0.15) is 13.1 Å². The van der Waals surface area contributed by atoms with Gasteiger partial charge >= 0.3 is 18.6 Å². The van der Waals surface area contributed by atoms with E-state index in [0.29, 0.717) is 0 Å². The molecule has 0 bridgehead atoms. The number of rotatable bonds is 0.